The van der Waals surface area contributed by atoms with Gasteiger partial charge in [0.15, 0.2) is 0 Å². The number of hydrogen-bond donors (Lipinski definition) is 1. The zero-order chi connectivity index (χ0) is 39.2. The summed E-state index contributed by atoms with van der Waals surface area (Å²) in [6.07, 6.45) is 10.4. The van der Waals surface area contributed by atoms with Crippen molar-refractivity contribution in [2.75, 3.05) is 0 Å². The Balaban J connectivity index is 1.15. The van der Waals surface area contributed by atoms with Gasteiger partial charge in [0.05, 0.1) is 22.3 Å². The molecule has 1 N–H and O–H groups in total. The van der Waals surface area contributed by atoms with Crippen LogP contribution >= 0.6 is 0 Å². The minimum absolute atomic E-state index is 0.0389. The smallest absolute Gasteiger partial charge is 0.347 e. The van der Waals surface area contributed by atoms with Crippen molar-refractivity contribution in [3.05, 3.63) is 64.2 Å². The van der Waals surface area contributed by atoms with Crippen molar-refractivity contribution in [3.63, 3.8) is 0 Å². The van der Waals surface area contributed by atoms with E-state index in [2.05, 4.69) is 48.5 Å². The summed E-state index contributed by atoms with van der Waals surface area (Å²) in [4.78, 5) is 55.1. The van der Waals surface area contributed by atoms with E-state index in [-0.39, 0.29) is 51.0 Å². The van der Waals surface area contributed by atoms with E-state index in [1.807, 2.05) is 0 Å². The van der Waals surface area contributed by atoms with E-state index in [0.717, 1.165) is 25.2 Å². The molecule has 4 fully saturated rings. The second-order valence-electron chi connectivity index (χ2n) is 19.6. The zero-order valence-electron chi connectivity index (χ0n) is 33.5. The maximum absolute atomic E-state index is 12.6. The third-order valence-corrected chi connectivity index (χ3v) is 16.2. The van der Waals surface area contributed by atoms with Gasteiger partial charge in [0.1, 0.15) is 18.0 Å². The molecule has 296 valence electrons. The van der Waals surface area contributed by atoms with E-state index in [4.69, 9.17) is 19.1 Å². The number of carbonyl (C=O) groups is 4. The van der Waals surface area contributed by atoms with Gasteiger partial charge in [0.25, 0.3) is 0 Å². The first kappa shape index (κ1) is 38.3. The molecule has 0 saturated heterocycles. The molecule has 11 unspecified atom stereocenters. The van der Waals surface area contributed by atoms with Crippen LogP contribution in [0.25, 0.3) is 0 Å². The molecule has 0 amide bonds. The molecule has 2 aromatic carbocycles. The van der Waals surface area contributed by atoms with Crippen molar-refractivity contribution in [1.29, 1.82) is 0 Å². The molecule has 9 nitrogen and oxygen atoms in total. The predicted octanol–water partition coefficient (Wildman–Crippen LogP) is 10.3. The van der Waals surface area contributed by atoms with E-state index >= 15 is 0 Å². The second kappa shape index (κ2) is 13.8. The second-order valence-corrected chi connectivity index (χ2v) is 19.6. The lowest BCUT2D eigenvalue weighted by Gasteiger charge is -2.67. The summed E-state index contributed by atoms with van der Waals surface area (Å²) in [6, 6.07) is 10.1. The quantitative estimate of drug-likeness (QED) is 0.109. The molecule has 4 aliphatic carbocycles. The number of esters is 4. The van der Waals surface area contributed by atoms with Crippen LogP contribution < -0.4 is 4.74 Å². The van der Waals surface area contributed by atoms with Crippen molar-refractivity contribution >= 4 is 23.9 Å². The lowest BCUT2D eigenvalue weighted by molar-refractivity contribution is -0.315. The van der Waals surface area contributed by atoms with E-state index in [0.29, 0.717) is 40.9 Å². The normalized spacial score (nSPS) is 35.6. The highest BCUT2D eigenvalue weighted by molar-refractivity contribution is 6.15. The highest BCUT2D eigenvalue weighted by Gasteiger charge is 2.67. The maximum atomic E-state index is 12.6. The lowest BCUT2D eigenvalue weighted by Crippen LogP contribution is -2.64. The minimum atomic E-state index is -0.755. The van der Waals surface area contributed by atoms with Gasteiger partial charge in [-0.3, -0.25) is 5.26 Å². The fourth-order valence-electron chi connectivity index (χ4n) is 13.9. The molecule has 8 rings (SSSR count). The summed E-state index contributed by atoms with van der Waals surface area (Å²) in [7, 11) is 0. The number of cyclic esters (lactones) is 4. The van der Waals surface area contributed by atoms with Gasteiger partial charge in [0.2, 0.25) is 0 Å². The Kier molecular flexibility index (Phi) is 9.63. The number of carbonyl (C=O) groups excluding carboxylic acids is 4. The predicted molar refractivity (Wildman–Crippen MR) is 204 cm³/mol. The highest BCUT2D eigenvalue weighted by atomic mass is 17.1. The van der Waals surface area contributed by atoms with Gasteiger partial charge in [-0.25, -0.2) is 24.1 Å². The van der Waals surface area contributed by atoms with Crippen LogP contribution in [0.2, 0.25) is 0 Å². The average Bonchev–Trinajstić information content (AvgIpc) is 3.73. The highest BCUT2D eigenvalue weighted by Crippen LogP contribution is 2.72. The van der Waals surface area contributed by atoms with Crippen molar-refractivity contribution < 1.29 is 43.5 Å². The Morgan fingerprint density at radius 3 is 2.02 bits per heavy atom. The Hall–Kier alpha value is -3.56. The van der Waals surface area contributed by atoms with Gasteiger partial charge < -0.3 is 14.2 Å². The van der Waals surface area contributed by atoms with Gasteiger partial charge >= 0.3 is 23.9 Å². The fourth-order valence-corrected chi connectivity index (χ4v) is 13.9. The molecule has 0 aromatic heterocycles. The minimum Gasteiger partial charge on any atom is -0.490 e. The first-order valence-electron chi connectivity index (χ1n) is 20.9. The van der Waals surface area contributed by atoms with E-state index in [9.17, 15) is 24.4 Å². The van der Waals surface area contributed by atoms with Crippen LogP contribution in [-0.4, -0.2) is 35.2 Å². The number of fused-ring (bicyclic) bond motifs is 7. The zero-order valence-corrected chi connectivity index (χ0v) is 33.5. The number of ether oxygens (including phenoxy) is 3. The van der Waals surface area contributed by atoms with Crippen molar-refractivity contribution in [2.24, 2.45) is 63.6 Å². The van der Waals surface area contributed by atoms with Crippen LogP contribution in [0.4, 0.5) is 0 Å². The van der Waals surface area contributed by atoms with Crippen LogP contribution in [0, 0.1) is 63.6 Å². The molecule has 11 atom stereocenters. The van der Waals surface area contributed by atoms with Crippen LogP contribution in [0.3, 0.4) is 0 Å². The standard InChI is InChI=1S/C46H58O9/c1-24(2)9-8-10-25(3)33-15-16-34-32-23-37(52-27-12-14-29-31(22-27)43(50)54-41(29)48)39-44(4,5)36(18-20-46(39,7)35(32)17-19-45(33,34)6)38(55-51)26-11-13-28-30(21-26)42(49)53-40(28)47/h11-14,21-22,24-25,32-39,51H,8-10,15-20,23H2,1-7H3. The van der Waals surface area contributed by atoms with Gasteiger partial charge in [0, 0.05) is 5.92 Å². The van der Waals surface area contributed by atoms with Crippen LogP contribution in [-0.2, 0) is 14.4 Å². The average molecular weight is 755 g/mol. The van der Waals surface area contributed by atoms with E-state index < -0.39 is 35.4 Å². The molecular weight excluding hydrogens is 696 g/mol. The van der Waals surface area contributed by atoms with Crippen molar-refractivity contribution in [1.82, 2.24) is 0 Å². The van der Waals surface area contributed by atoms with Gasteiger partial charge in [-0.05, 0) is 139 Å². The molecule has 6 aliphatic rings. The van der Waals surface area contributed by atoms with Gasteiger partial charge in [-0.15, -0.1) is 0 Å². The molecule has 2 aliphatic heterocycles. The van der Waals surface area contributed by atoms with Crippen LogP contribution in [0.1, 0.15) is 166 Å². The summed E-state index contributed by atoms with van der Waals surface area (Å²) in [5.41, 5.74) is 1.28. The molecular formula is C46H58O9. The first-order valence-corrected chi connectivity index (χ1v) is 20.9. The molecule has 9 heteroatoms. The van der Waals surface area contributed by atoms with Crippen LogP contribution in [0.5, 0.6) is 5.75 Å². The Morgan fingerprint density at radius 1 is 0.727 bits per heavy atom. The van der Waals surface area contributed by atoms with Crippen molar-refractivity contribution in [3.8, 4) is 5.75 Å². The van der Waals surface area contributed by atoms with Crippen molar-refractivity contribution in [2.45, 2.75) is 125 Å². The summed E-state index contributed by atoms with van der Waals surface area (Å²) in [6.45, 7) is 16.8. The molecule has 2 heterocycles. The number of hydrogen-bond acceptors (Lipinski definition) is 9. The number of rotatable bonds is 10. The SMILES string of the molecule is CC(C)CCCC(C)C1CCC2C3CC(Oc4ccc5c(c4)C(=O)OC5=O)C4C(C)(C)C(C(OO)c5ccc6c(c5)C(=O)OC6=O)CCC4(C)C3CCC12C. The Morgan fingerprint density at radius 2 is 1.35 bits per heavy atom. The molecule has 0 bridgehead atoms. The van der Waals surface area contributed by atoms with Gasteiger partial charge in [-0.1, -0.05) is 73.8 Å². The molecule has 55 heavy (non-hydrogen) atoms. The third-order valence-electron chi connectivity index (χ3n) is 16.2. The largest absolute Gasteiger partial charge is 0.490 e. The molecule has 2 aromatic rings. The summed E-state index contributed by atoms with van der Waals surface area (Å²) in [5.74, 6) is 1.52. The Bertz CT molecular complexity index is 1900. The topological polar surface area (TPSA) is 125 Å². The maximum Gasteiger partial charge on any atom is 0.347 e. The first-order chi connectivity index (χ1) is 26.1. The Labute approximate surface area is 325 Å². The molecule has 0 spiro atoms. The lowest BCUT2D eigenvalue weighted by atomic mass is 9.39. The third kappa shape index (κ3) is 6.09. The summed E-state index contributed by atoms with van der Waals surface area (Å²) < 4.78 is 16.9. The van der Waals surface area contributed by atoms with E-state index in [1.54, 1.807) is 36.4 Å². The monoisotopic (exact) mass is 754 g/mol. The van der Waals surface area contributed by atoms with Crippen LogP contribution in [0.15, 0.2) is 36.4 Å². The summed E-state index contributed by atoms with van der Waals surface area (Å²) in [5, 5.41) is 10.6. The molecule has 4 saturated carbocycles. The summed E-state index contributed by atoms with van der Waals surface area (Å²) >= 11 is 0. The molecule has 0 radical (unpaired) electrons. The fraction of sp³-hybridized carbons (Fsp3) is 0.652. The number of benzene rings is 2. The van der Waals surface area contributed by atoms with E-state index in [1.165, 1.54) is 44.9 Å². The van der Waals surface area contributed by atoms with Gasteiger partial charge in [-0.2, -0.15) is 0 Å².